The monoisotopic (exact) mass is 260 g/mol. The van der Waals surface area contributed by atoms with Crippen molar-refractivity contribution in [3.63, 3.8) is 0 Å². The van der Waals surface area contributed by atoms with Crippen molar-refractivity contribution in [1.82, 2.24) is 0 Å². The van der Waals surface area contributed by atoms with Crippen LogP contribution < -0.4 is 10.6 Å². The lowest BCUT2D eigenvalue weighted by atomic mass is 9.75. The van der Waals surface area contributed by atoms with Gasteiger partial charge in [0.15, 0.2) is 0 Å². The van der Waals surface area contributed by atoms with E-state index < -0.39 is 0 Å². The van der Waals surface area contributed by atoms with Crippen molar-refractivity contribution in [3.8, 4) is 0 Å². The summed E-state index contributed by atoms with van der Waals surface area (Å²) in [5, 5.41) is 0. The first kappa shape index (κ1) is 14.4. The van der Waals surface area contributed by atoms with Gasteiger partial charge in [0, 0.05) is 24.8 Å². The lowest BCUT2D eigenvalue weighted by Crippen LogP contribution is -2.37. The van der Waals surface area contributed by atoms with E-state index in [-0.39, 0.29) is 6.04 Å². The van der Waals surface area contributed by atoms with Crippen molar-refractivity contribution in [1.29, 1.82) is 0 Å². The molecule has 0 bridgehead atoms. The van der Waals surface area contributed by atoms with E-state index in [1.54, 1.807) is 0 Å². The number of anilines is 1. The van der Waals surface area contributed by atoms with Gasteiger partial charge in [-0.15, -0.1) is 0 Å². The number of para-hydroxylation sites is 1. The summed E-state index contributed by atoms with van der Waals surface area (Å²) in [5.74, 6) is 0. The van der Waals surface area contributed by atoms with Crippen LogP contribution in [0.2, 0.25) is 0 Å². The Morgan fingerprint density at radius 1 is 1.21 bits per heavy atom. The molecule has 0 amide bonds. The van der Waals surface area contributed by atoms with Gasteiger partial charge in [-0.2, -0.15) is 0 Å². The summed E-state index contributed by atoms with van der Waals surface area (Å²) in [6.45, 7) is 6.84. The molecule has 1 saturated carbocycles. The highest BCUT2D eigenvalue weighted by Gasteiger charge is 2.29. The first-order valence-electron chi connectivity index (χ1n) is 7.48. The van der Waals surface area contributed by atoms with Gasteiger partial charge in [0.2, 0.25) is 0 Å². The van der Waals surface area contributed by atoms with Gasteiger partial charge in [0.25, 0.3) is 0 Å². The second-order valence-corrected chi connectivity index (χ2v) is 6.85. The molecule has 1 atom stereocenters. The molecule has 0 unspecified atom stereocenters. The standard InChI is InChI=1S/C17H28N2/c1-13(18)15-7-5-6-8-16(15)19(4)14-9-11-17(2,3)12-10-14/h5-8,13-14H,9-12,18H2,1-4H3/t13-/m1/s1. The Bertz CT molecular complexity index is 413. The van der Waals surface area contributed by atoms with Gasteiger partial charge in [0.05, 0.1) is 0 Å². The molecule has 1 fully saturated rings. The third kappa shape index (κ3) is 3.30. The molecule has 2 rings (SSSR count). The van der Waals surface area contributed by atoms with Crippen molar-refractivity contribution >= 4 is 5.69 Å². The molecule has 0 saturated heterocycles. The third-order valence-electron chi connectivity index (χ3n) is 4.66. The molecular weight excluding hydrogens is 232 g/mol. The molecule has 2 nitrogen and oxygen atoms in total. The average Bonchev–Trinajstić information content (AvgIpc) is 2.38. The van der Waals surface area contributed by atoms with Crippen molar-refractivity contribution in [3.05, 3.63) is 29.8 Å². The normalized spacial score (nSPS) is 21.1. The van der Waals surface area contributed by atoms with E-state index in [0.717, 1.165) is 0 Å². The topological polar surface area (TPSA) is 29.3 Å². The molecule has 0 spiro atoms. The van der Waals surface area contributed by atoms with Crippen LogP contribution in [0.3, 0.4) is 0 Å². The van der Waals surface area contributed by atoms with E-state index in [4.69, 9.17) is 5.73 Å². The van der Waals surface area contributed by atoms with Crippen molar-refractivity contribution < 1.29 is 0 Å². The molecule has 2 heteroatoms. The Kier molecular flexibility index (Phi) is 4.19. The average molecular weight is 260 g/mol. The van der Waals surface area contributed by atoms with Gasteiger partial charge in [-0.25, -0.2) is 0 Å². The minimum Gasteiger partial charge on any atom is -0.371 e. The molecule has 2 N–H and O–H groups in total. The quantitative estimate of drug-likeness (QED) is 0.886. The summed E-state index contributed by atoms with van der Waals surface area (Å²) in [5.41, 5.74) is 9.19. The van der Waals surface area contributed by atoms with Crippen LogP contribution in [0, 0.1) is 5.41 Å². The highest BCUT2D eigenvalue weighted by molar-refractivity contribution is 5.55. The highest BCUT2D eigenvalue weighted by Crippen LogP contribution is 2.38. The lowest BCUT2D eigenvalue weighted by Gasteiger charge is -2.40. The Balaban J connectivity index is 2.14. The van der Waals surface area contributed by atoms with E-state index in [1.165, 1.54) is 36.9 Å². The molecule has 1 aliphatic rings. The van der Waals surface area contributed by atoms with Crippen LogP contribution >= 0.6 is 0 Å². The van der Waals surface area contributed by atoms with E-state index in [0.29, 0.717) is 11.5 Å². The molecule has 0 heterocycles. The van der Waals surface area contributed by atoms with Crippen LogP contribution in [-0.4, -0.2) is 13.1 Å². The first-order valence-corrected chi connectivity index (χ1v) is 7.48. The van der Waals surface area contributed by atoms with E-state index >= 15 is 0 Å². The van der Waals surface area contributed by atoms with Crippen LogP contribution in [0.25, 0.3) is 0 Å². The van der Waals surface area contributed by atoms with Crippen molar-refractivity contribution in [2.24, 2.45) is 11.1 Å². The highest BCUT2D eigenvalue weighted by atomic mass is 15.1. The van der Waals surface area contributed by atoms with Gasteiger partial charge in [0.1, 0.15) is 0 Å². The second kappa shape index (κ2) is 5.54. The molecule has 1 aromatic carbocycles. The summed E-state index contributed by atoms with van der Waals surface area (Å²) in [4.78, 5) is 2.45. The fourth-order valence-corrected chi connectivity index (χ4v) is 3.16. The molecule has 0 aromatic heterocycles. The minimum absolute atomic E-state index is 0.0960. The predicted octanol–water partition coefficient (Wildman–Crippen LogP) is 4.11. The summed E-state index contributed by atoms with van der Waals surface area (Å²) in [6, 6.07) is 9.32. The van der Waals surface area contributed by atoms with Crippen molar-refractivity contribution in [2.75, 3.05) is 11.9 Å². The minimum atomic E-state index is 0.0960. The smallest absolute Gasteiger partial charge is 0.0414 e. The van der Waals surface area contributed by atoms with Crippen LogP contribution in [0.4, 0.5) is 5.69 Å². The molecule has 1 aromatic rings. The Morgan fingerprint density at radius 3 is 2.37 bits per heavy atom. The zero-order valence-electron chi connectivity index (χ0n) is 12.8. The van der Waals surface area contributed by atoms with Crippen molar-refractivity contribution in [2.45, 2.75) is 58.5 Å². The maximum atomic E-state index is 6.10. The number of nitrogens with zero attached hydrogens (tertiary/aromatic N) is 1. The maximum Gasteiger partial charge on any atom is 0.0414 e. The van der Waals surface area contributed by atoms with Crippen LogP contribution in [0.5, 0.6) is 0 Å². The zero-order chi connectivity index (χ0) is 14.0. The summed E-state index contributed by atoms with van der Waals surface area (Å²) < 4.78 is 0. The second-order valence-electron chi connectivity index (χ2n) is 6.85. The molecule has 106 valence electrons. The maximum absolute atomic E-state index is 6.10. The lowest BCUT2D eigenvalue weighted by molar-refractivity contribution is 0.222. The number of benzene rings is 1. The first-order chi connectivity index (χ1) is 8.91. The number of nitrogens with two attached hydrogens (primary N) is 1. The van der Waals surface area contributed by atoms with E-state index in [1.807, 2.05) is 0 Å². The molecular formula is C17H28N2. The van der Waals surface area contributed by atoms with E-state index in [9.17, 15) is 0 Å². The Morgan fingerprint density at radius 2 is 1.79 bits per heavy atom. The van der Waals surface area contributed by atoms with Crippen LogP contribution in [0.1, 0.15) is 58.1 Å². The van der Waals surface area contributed by atoms with E-state index in [2.05, 4.69) is 57.0 Å². The van der Waals surface area contributed by atoms with Crippen LogP contribution in [0.15, 0.2) is 24.3 Å². The van der Waals surface area contributed by atoms with Gasteiger partial charge < -0.3 is 10.6 Å². The number of rotatable bonds is 3. The Labute approximate surface area is 118 Å². The summed E-state index contributed by atoms with van der Waals surface area (Å²) in [7, 11) is 2.23. The number of hydrogen-bond donors (Lipinski definition) is 1. The van der Waals surface area contributed by atoms with Gasteiger partial charge >= 0.3 is 0 Å². The molecule has 0 aliphatic heterocycles. The van der Waals surface area contributed by atoms with Crippen LogP contribution in [-0.2, 0) is 0 Å². The molecule has 1 aliphatic carbocycles. The SMILES string of the molecule is C[C@@H](N)c1ccccc1N(C)C1CCC(C)(C)CC1. The summed E-state index contributed by atoms with van der Waals surface area (Å²) in [6.07, 6.45) is 5.22. The number of hydrogen-bond acceptors (Lipinski definition) is 2. The summed E-state index contributed by atoms with van der Waals surface area (Å²) >= 11 is 0. The predicted molar refractivity (Wildman–Crippen MR) is 83.5 cm³/mol. The largest absolute Gasteiger partial charge is 0.371 e. The van der Waals surface area contributed by atoms with Gasteiger partial charge in [-0.05, 0) is 49.7 Å². The Hall–Kier alpha value is -1.02. The fraction of sp³-hybridized carbons (Fsp3) is 0.647. The zero-order valence-corrected chi connectivity index (χ0v) is 12.8. The van der Waals surface area contributed by atoms with Gasteiger partial charge in [-0.3, -0.25) is 0 Å². The van der Waals surface area contributed by atoms with Gasteiger partial charge in [-0.1, -0.05) is 32.0 Å². The fourth-order valence-electron chi connectivity index (χ4n) is 3.16. The molecule has 0 radical (unpaired) electrons. The molecule has 19 heavy (non-hydrogen) atoms. The third-order valence-corrected chi connectivity index (χ3v) is 4.66.